The zero-order valence-corrected chi connectivity index (χ0v) is 7.39. The van der Waals surface area contributed by atoms with Gasteiger partial charge < -0.3 is 0 Å². The number of nitrogens with zero attached hydrogens (tertiary/aromatic N) is 8. The highest BCUT2D eigenvalue weighted by molar-refractivity contribution is 5.60. The molecule has 3 heterocycles. The zero-order chi connectivity index (χ0) is 11.0. The third kappa shape index (κ3) is 1.11. The van der Waals surface area contributed by atoms with E-state index in [1.165, 1.54) is 0 Å². The Labute approximate surface area is 85.7 Å². The van der Waals surface area contributed by atoms with Gasteiger partial charge in [0.2, 0.25) is 23.3 Å². The van der Waals surface area contributed by atoms with E-state index in [4.69, 9.17) is 5.53 Å². The molecule has 0 aromatic carbocycles. The van der Waals surface area contributed by atoms with Crippen LogP contribution < -0.4 is 11.0 Å². The molecule has 0 saturated carbocycles. The summed E-state index contributed by atoms with van der Waals surface area (Å²) in [6.45, 7) is 0. The number of azide groups is 1. The Balaban J connectivity index is 2.08. The summed E-state index contributed by atoms with van der Waals surface area (Å²) in [6, 6.07) is 0. The number of nitrogens with one attached hydrogen (secondary N) is 2. The first-order valence-corrected chi connectivity index (χ1v) is 3.92. The van der Waals surface area contributed by atoms with E-state index in [9.17, 15) is 0 Å². The van der Waals surface area contributed by atoms with Crippen molar-refractivity contribution in [3.63, 3.8) is 0 Å². The molecule has 2 aromatic rings. The lowest BCUT2D eigenvalue weighted by Crippen LogP contribution is -2.05. The van der Waals surface area contributed by atoms with Gasteiger partial charge in [0.1, 0.15) is 0 Å². The fraction of sp³-hybridized carbons (Fsp3) is 0. The van der Waals surface area contributed by atoms with Gasteiger partial charge in [-0.2, -0.15) is 4.94 Å². The lowest BCUT2D eigenvalue weighted by atomic mass is 10.7. The number of hydrogen-bond donors (Lipinski definition) is 2. The van der Waals surface area contributed by atoms with E-state index in [1.807, 2.05) is 0 Å². The number of anilines is 2. The predicted octanol–water partition coefficient (Wildman–Crippen LogP) is 0.276. The van der Waals surface area contributed by atoms with Crippen LogP contribution in [0.25, 0.3) is 16.3 Å². The van der Waals surface area contributed by atoms with Crippen LogP contribution in [-0.4, -0.2) is 25.3 Å². The van der Waals surface area contributed by atoms with E-state index >= 15 is 0 Å². The molecule has 0 spiro atoms. The molecule has 0 fully saturated rings. The second kappa shape index (κ2) is 3.08. The van der Waals surface area contributed by atoms with Crippen molar-refractivity contribution in [1.82, 2.24) is 25.3 Å². The largest absolute Gasteiger partial charge is 0.247 e. The molecule has 12 heteroatoms. The minimum absolute atomic E-state index is 0.0582. The van der Waals surface area contributed by atoms with Crippen molar-refractivity contribution in [2.75, 3.05) is 11.0 Å². The fourth-order valence-electron chi connectivity index (χ4n) is 1.07. The monoisotopic (exact) mass is 222 g/mol. The quantitative estimate of drug-likeness (QED) is 0.417. The molecule has 12 nitrogen and oxygen atoms in total. The first kappa shape index (κ1) is 8.46. The van der Waals surface area contributed by atoms with Gasteiger partial charge in [-0.3, -0.25) is 0 Å². The average molecular weight is 222 g/mol. The molecule has 3 rings (SSSR count). The summed E-state index contributed by atoms with van der Waals surface area (Å²) < 4.78 is 4.42. The van der Waals surface area contributed by atoms with E-state index in [2.05, 4.69) is 51.1 Å². The van der Waals surface area contributed by atoms with Crippen molar-refractivity contribution < 1.29 is 9.57 Å². The lowest BCUT2D eigenvalue weighted by molar-refractivity contribution is 0.276. The maximum atomic E-state index is 8.28. The van der Waals surface area contributed by atoms with E-state index in [0.717, 1.165) is 4.80 Å². The molecule has 1 aliphatic rings. The van der Waals surface area contributed by atoms with E-state index in [0.29, 0.717) is 11.6 Å². The van der Waals surface area contributed by atoms with Crippen molar-refractivity contribution in [3.05, 3.63) is 10.4 Å². The average Bonchev–Trinajstić information content (AvgIpc) is 2.88. The highest BCUT2D eigenvalue weighted by Gasteiger charge is 2.21. The van der Waals surface area contributed by atoms with Gasteiger partial charge in [-0.15, -0.1) is 15.0 Å². The summed E-state index contributed by atoms with van der Waals surface area (Å²) in [7, 11) is 0. The molecule has 16 heavy (non-hydrogen) atoms. The second-order valence-corrected chi connectivity index (χ2v) is 2.59. The molecule has 0 unspecified atom stereocenters. The van der Waals surface area contributed by atoms with Gasteiger partial charge in [0.25, 0.3) is 0 Å². The van der Waals surface area contributed by atoms with Gasteiger partial charge in [0, 0.05) is 4.91 Å². The van der Waals surface area contributed by atoms with Crippen LogP contribution in [0.15, 0.2) is 9.74 Å². The van der Waals surface area contributed by atoms with Crippen LogP contribution in [0.2, 0.25) is 0 Å². The number of aromatic nitrogens is 5. The number of hydrogen-bond acceptors (Lipinski definition) is 9. The summed E-state index contributed by atoms with van der Waals surface area (Å²) in [5.41, 5.74) is 13.2. The number of fused-ring (bicyclic) bond motifs is 1. The normalized spacial score (nSPS) is 12.5. The van der Waals surface area contributed by atoms with Crippen LogP contribution in [-0.2, 0) is 4.94 Å². The summed E-state index contributed by atoms with van der Waals surface area (Å²) in [5, 5.41) is 18.0. The molecular formula is C4H2N10O2. The molecule has 0 aliphatic carbocycles. The fourth-order valence-corrected chi connectivity index (χ4v) is 1.07. The number of rotatable bonds is 2. The molecule has 0 amide bonds. The summed E-state index contributed by atoms with van der Waals surface area (Å²) in [4.78, 5) is 8.28. The Morgan fingerprint density at radius 2 is 2.00 bits per heavy atom. The summed E-state index contributed by atoms with van der Waals surface area (Å²) >= 11 is 0. The van der Waals surface area contributed by atoms with Crippen molar-refractivity contribution in [2.24, 2.45) is 5.11 Å². The van der Waals surface area contributed by atoms with E-state index in [-0.39, 0.29) is 11.6 Å². The Morgan fingerprint density at radius 1 is 1.25 bits per heavy atom. The van der Waals surface area contributed by atoms with Gasteiger partial charge in [0.15, 0.2) is 0 Å². The molecule has 2 aromatic heterocycles. The Bertz CT molecular complexity index is 556. The van der Waals surface area contributed by atoms with Gasteiger partial charge >= 0.3 is 0 Å². The minimum Gasteiger partial charge on any atom is -0.242 e. The Hall–Kier alpha value is -2.85. The lowest BCUT2D eigenvalue weighted by Gasteiger charge is -1.94. The third-order valence-corrected chi connectivity index (χ3v) is 1.69. The van der Waals surface area contributed by atoms with Crippen LogP contribution >= 0.6 is 0 Å². The molecule has 0 bridgehead atoms. The Kier molecular flexibility index (Phi) is 1.63. The molecular weight excluding hydrogens is 220 g/mol. The minimum atomic E-state index is -0.0582. The smallest absolute Gasteiger partial charge is 0.242 e. The van der Waals surface area contributed by atoms with Crippen LogP contribution in [0.4, 0.5) is 17.5 Å². The van der Waals surface area contributed by atoms with Crippen LogP contribution in [0.1, 0.15) is 0 Å². The maximum Gasteiger partial charge on any atom is 0.247 e. The van der Waals surface area contributed by atoms with Crippen molar-refractivity contribution in [2.45, 2.75) is 0 Å². The standard InChI is InChI=1S/C4H2N10O2/c5-13-6-3-4(12-16-11-3)14-7-1-2(8-14)10-15-9-1/h(H,7,9)(H,8,10). The maximum absolute atomic E-state index is 8.28. The molecule has 0 atom stereocenters. The molecule has 0 saturated heterocycles. The first-order chi connectivity index (χ1) is 7.88. The molecule has 80 valence electrons. The highest BCUT2D eigenvalue weighted by Crippen LogP contribution is 2.24. The van der Waals surface area contributed by atoms with Crippen LogP contribution in [0.5, 0.6) is 0 Å². The van der Waals surface area contributed by atoms with Gasteiger partial charge in [-0.05, 0) is 21.0 Å². The topological polar surface area (TPSA) is 152 Å². The van der Waals surface area contributed by atoms with Crippen LogP contribution in [0, 0.1) is 0 Å². The van der Waals surface area contributed by atoms with Crippen molar-refractivity contribution in [1.29, 1.82) is 0 Å². The van der Waals surface area contributed by atoms with Gasteiger partial charge in [-0.1, -0.05) is 0 Å². The first-order valence-electron chi connectivity index (χ1n) is 3.92. The van der Waals surface area contributed by atoms with E-state index in [1.54, 1.807) is 0 Å². The SMILES string of the molecule is [N-]=[N+]=Nc1nonc1-n1nc2c(n1)NON2. The van der Waals surface area contributed by atoms with Crippen LogP contribution in [0.3, 0.4) is 0 Å². The van der Waals surface area contributed by atoms with Gasteiger partial charge in [-0.25, -0.2) is 15.6 Å². The van der Waals surface area contributed by atoms with Crippen molar-refractivity contribution in [3.8, 4) is 5.82 Å². The summed E-state index contributed by atoms with van der Waals surface area (Å²) in [5.74, 6) is 0.762. The van der Waals surface area contributed by atoms with Gasteiger partial charge in [0.05, 0.1) is 0 Å². The molecule has 2 N–H and O–H groups in total. The predicted molar refractivity (Wildman–Crippen MR) is 46.4 cm³/mol. The van der Waals surface area contributed by atoms with E-state index < -0.39 is 0 Å². The highest BCUT2D eigenvalue weighted by atomic mass is 16.8. The second-order valence-electron chi connectivity index (χ2n) is 2.59. The van der Waals surface area contributed by atoms with Crippen molar-refractivity contribution >= 4 is 17.5 Å². The third-order valence-electron chi connectivity index (χ3n) is 1.69. The molecule has 0 radical (unpaired) electrons. The summed E-state index contributed by atoms with van der Waals surface area (Å²) in [6.07, 6.45) is 0. The Morgan fingerprint density at radius 3 is 2.69 bits per heavy atom. The molecule has 1 aliphatic heterocycles. The zero-order valence-electron chi connectivity index (χ0n) is 7.39.